The topological polar surface area (TPSA) is 42.0 Å². The van der Waals surface area contributed by atoms with Crippen LogP contribution in [-0.2, 0) is 0 Å². The molecule has 1 amide bonds. The van der Waals surface area contributed by atoms with Crippen LogP contribution in [0.3, 0.4) is 0 Å². The van der Waals surface area contributed by atoms with Crippen molar-refractivity contribution < 1.29 is 13.6 Å². The fraction of sp³-hybridized carbons (Fsp3) is 0.583. The molecule has 1 saturated carbocycles. The van der Waals surface area contributed by atoms with E-state index in [2.05, 4.69) is 38.0 Å². The summed E-state index contributed by atoms with van der Waals surface area (Å²) >= 11 is 0. The van der Waals surface area contributed by atoms with Crippen LogP contribution in [0.15, 0.2) is 24.4 Å². The Kier molecular flexibility index (Phi) is 6.25. The van der Waals surface area contributed by atoms with Gasteiger partial charge in [-0.1, -0.05) is 52.9 Å². The summed E-state index contributed by atoms with van der Waals surface area (Å²) in [5.41, 5.74) is 0.0489. The van der Waals surface area contributed by atoms with E-state index in [0.29, 0.717) is 16.9 Å². The minimum Gasteiger partial charge on any atom is -0.347 e. The largest absolute Gasteiger partial charge is 0.347 e. The second kappa shape index (κ2) is 8.37. The third-order valence-corrected chi connectivity index (χ3v) is 5.81. The SMILES string of the molecule is CC(C)(C)CC(C)(CC1CCCCC1)NC(=O)c1cnc2c(F)c(F)ccc2c1. The molecule has 1 N–H and O–H groups in total. The first kappa shape index (κ1) is 21.7. The fourth-order valence-electron chi connectivity index (χ4n) is 4.98. The number of aromatic nitrogens is 1. The maximum absolute atomic E-state index is 13.9. The highest BCUT2D eigenvalue weighted by Gasteiger charge is 2.34. The third kappa shape index (κ3) is 5.52. The van der Waals surface area contributed by atoms with Gasteiger partial charge in [-0.05, 0) is 49.3 Å². The van der Waals surface area contributed by atoms with Gasteiger partial charge in [-0.3, -0.25) is 9.78 Å². The molecule has 1 aromatic carbocycles. The number of hydrogen-bond donors (Lipinski definition) is 1. The van der Waals surface area contributed by atoms with Gasteiger partial charge >= 0.3 is 0 Å². The molecule has 5 heteroatoms. The molecule has 0 radical (unpaired) electrons. The van der Waals surface area contributed by atoms with Gasteiger partial charge in [0.1, 0.15) is 5.52 Å². The van der Waals surface area contributed by atoms with E-state index in [1.165, 1.54) is 44.4 Å². The van der Waals surface area contributed by atoms with Crippen molar-refractivity contribution in [2.75, 3.05) is 0 Å². The van der Waals surface area contributed by atoms with E-state index in [-0.39, 0.29) is 22.4 Å². The fourth-order valence-corrected chi connectivity index (χ4v) is 4.98. The lowest BCUT2D eigenvalue weighted by Gasteiger charge is -2.40. The van der Waals surface area contributed by atoms with E-state index in [0.717, 1.165) is 18.9 Å². The van der Waals surface area contributed by atoms with Crippen LogP contribution in [0.25, 0.3) is 10.9 Å². The van der Waals surface area contributed by atoms with Crippen LogP contribution in [0, 0.1) is 23.0 Å². The number of nitrogens with one attached hydrogen (secondary N) is 1. The van der Waals surface area contributed by atoms with Gasteiger partial charge in [0, 0.05) is 17.1 Å². The maximum atomic E-state index is 13.9. The molecule has 1 aromatic heterocycles. The zero-order valence-electron chi connectivity index (χ0n) is 17.9. The van der Waals surface area contributed by atoms with Gasteiger partial charge in [0.25, 0.3) is 5.91 Å². The first-order valence-corrected chi connectivity index (χ1v) is 10.6. The molecule has 3 nitrogen and oxygen atoms in total. The molecule has 2 aromatic rings. The van der Waals surface area contributed by atoms with E-state index < -0.39 is 11.6 Å². The lowest BCUT2D eigenvalue weighted by Crippen LogP contribution is -2.49. The molecule has 1 aliphatic rings. The highest BCUT2D eigenvalue weighted by molar-refractivity contribution is 5.97. The molecule has 1 unspecified atom stereocenters. The number of halogens is 2. The highest BCUT2D eigenvalue weighted by atomic mass is 19.2. The highest BCUT2D eigenvalue weighted by Crippen LogP contribution is 2.36. The summed E-state index contributed by atoms with van der Waals surface area (Å²) in [5, 5.41) is 3.68. The molecule has 29 heavy (non-hydrogen) atoms. The molecule has 0 spiro atoms. The molecule has 1 fully saturated rings. The second-order valence-corrected chi connectivity index (χ2v) is 10.1. The Morgan fingerprint density at radius 2 is 1.83 bits per heavy atom. The zero-order valence-corrected chi connectivity index (χ0v) is 17.9. The number of rotatable bonds is 5. The van der Waals surface area contributed by atoms with E-state index in [1.807, 2.05) is 0 Å². The Bertz CT molecular complexity index is 884. The van der Waals surface area contributed by atoms with Crippen LogP contribution in [0.1, 0.15) is 83.0 Å². The van der Waals surface area contributed by atoms with Crippen molar-refractivity contribution in [1.29, 1.82) is 0 Å². The zero-order chi connectivity index (χ0) is 21.2. The predicted octanol–water partition coefficient (Wildman–Crippen LogP) is 6.41. The normalized spacial score (nSPS) is 17.9. The Morgan fingerprint density at radius 1 is 1.14 bits per heavy atom. The number of carbonyl (C=O) groups is 1. The summed E-state index contributed by atoms with van der Waals surface area (Å²) < 4.78 is 27.3. The smallest absolute Gasteiger partial charge is 0.253 e. The molecule has 1 atom stereocenters. The van der Waals surface area contributed by atoms with Gasteiger partial charge in [-0.2, -0.15) is 0 Å². The van der Waals surface area contributed by atoms with Gasteiger partial charge < -0.3 is 5.32 Å². The summed E-state index contributed by atoms with van der Waals surface area (Å²) in [6.07, 6.45) is 9.43. The number of fused-ring (bicyclic) bond motifs is 1. The Morgan fingerprint density at radius 3 is 2.48 bits per heavy atom. The molecule has 0 saturated heterocycles. The van der Waals surface area contributed by atoms with Crippen molar-refractivity contribution in [2.45, 2.75) is 78.2 Å². The quantitative estimate of drug-likeness (QED) is 0.628. The molecular weight excluding hydrogens is 370 g/mol. The van der Waals surface area contributed by atoms with Crippen molar-refractivity contribution >= 4 is 16.8 Å². The molecule has 3 rings (SSSR count). The van der Waals surface area contributed by atoms with Crippen LogP contribution in [0.4, 0.5) is 8.78 Å². The van der Waals surface area contributed by atoms with Crippen molar-refractivity contribution in [3.63, 3.8) is 0 Å². The Hall–Kier alpha value is -2.04. The van der Waals surface area contributed by atoms with Crippen LogP contribution in [0.5, 0.6) is 0 Å². The van der Waals surface area contributed by atoms with Gasteiger partial charge in [0.15, 0.2) is 11.6 Å². The predicted molar refractivity (Wildman–Crippen MR) is 113 cm³/mol. The number of benzene rings is 1. The number of amides is 1. The summed E-state index contributed by atoms with van der Waals surface area (Å²) in [7, 11) is 0. The molecule has 0 bridgehead atoms. The van der Waals surface area contributed by atoms with E-state index in [9.17, 15) is 13.6 Å². The maximum Gasteiger partial charge on any atom is 0.253 e. The minimum absolute atomic E-state index is 0.0544. The van der Waals surface area contributed by atoms with E-state index in [4.69, 9.17) is 0 Å². The monoisotopic (exact) mass is 402 g/mol. The lowest BCUT2D eigenvalue weighted by atomic mass is 9.73. The van der Waals surface area contributed by atoms with Gasteiger partial charge in [0.2, 0.25) is 0 Å². The van der Waals surface area contributed by atoms with Gasteiger partial charge in [-0.15, -0.1) is 0 Å². The minimum atomic E-state index is -0.982. The van der Waals surface area contributed by atoms with Gasteiger partial charge in [-0.25, -0.2) is 8.78 Å². The molecule has 1 heterocycles. The van der Waals surface area contributed by atoms with Gasteiger partial charge in [0.05, 0.1) is 5.56 Å². The molecular formula is C24H32F2N2O. The first-order valence-electron chi connectivity index (χ1n) is 10.6. The summed E-state index contributed by atoms with van der Waals surface area (Å²) in [6.45, 7) is 8.70. The van der Waals surface area contributed by atoms with Crippen LogP contribution >= 0.6 is 0 Å². The summed E-state index contributed by atoms with van der Waals surface area (Å²) in [6, 6.07) is 4.10. The molecule has 0 aliphatic heterocycles. The number of carbonyl (C=O) groups excluding carboxylic acids is 1. The van der Waals surface area contributed by atoms with E-state index >= 15 is 0 Å². The number of hydrogen-bond acceptors (Lipinski definition) is 2. The van der Waals surface area contributed by atoms with Crippen LogP contribution in [-0.4, -0.2) is 16.4 Å². The van der Waals surface area contributed by atoms with Crippen LogP contribution < -0.4 is 5.32 Å². The number of pyridine rings is 1. The average Bonchev–Trinajstić information content (AvgIpc) is 2.63. The standard InChI is InChI=1S/C24H32F2N2O/c1-23(2,3)15-24(4,13-16-8-6-5-7-9-16)28-22(29)18-12-17-10-11-19(25)20(26)21(17)27-14-18/h10-12,14,16H,5-9,13,15H2,1-4H3,(H,28,29). The lowest BCUT2D eigenvalue weighted by molar-refractivity contribution is 0.0844. The summed E-state index contributed by atoms with van der Waals surface area (Å²) in [4.78, 5) is 17.1. The summed E-state index contributed by atoms with van der Waals surface area (Å²) in [5.74, 6) is -1.51. The van der Waals surface area contributed by atoms with E-state index in [1.54, 1.807) is 6.07 Å². The average molecular weight is 403 g/mol. The van der Waals surface area contributed by atoms with Crippen molar-refractivity contribution in [1.82, 2.24) is 10.3 Å². The van der Waals surface area contributed by atoms with Crippen LogP contribution in [0.2, 0.25) is 0 Å². The third-order valence-electron chi connectivity index (χ3n) is 5.81. The Labute approximate surface area is 172 Å². The van der Waals surface area contributed by atoms with Crippen molar-refractivity contribution in [2.24, 2.45) is 11.3 Å². The van der Waals surface area contributed by atoms with Crippen molar-refractivity contribution in [3.05, 3.63) is 41.6 Å². The molecule has 158 valence electrons. The second-order valence-electron chi connectivity index (χ2n) is 10.1. The number of nitrogens with zero attached hydrogens (tertiary/aromatic N) is 1. The Balaban J connectivity index is 1.83. The first-order chi connectivity index (χ1) is 13.6. The molecule has 1 aliphatic carbocycles. The van der Waals surface area contributed by atoms with Crippen molar-refractivity contribution in [3.8, 4) is 0 Å².